The van der Waals surface area contributed by atoms with E-state index in [4.69, 9.17) is 14.7 Å². The molecule has 0 bridgehead atoms. The number of rotatable bonds is 15. The van der Waals surface area contributed by atoms with Gasteiger partial charge in [0.15, 0.2) is 0 Å². The van der Waals surface area contributed by atoms with Crippen molar-refractivity contribution in [3.8, 4) is 23.3 Å². The Bertz CT molecular complexity index is 2370. The molecule has 0 N–H and O–H groups in total. The Kier molecular flexibility index (Phi) is 17.2. The van der Waals surface area contributed by atoms with Crippen molar-refractivity contribution < 1.29 is 9.47 Å². The van der Waals surface area contributed by atoms with Crippen LogP contribution in [0.2, 0.25) is 0 Å². The van der Waals surface area contributed by atoms with E-state index in [2.05, 4.69) is 199 Å². The largest absolute Gasteiger partial charge is 0.496 e. The van der Waals surface area contributed by atoms with Crippen molar-refractivity contribution in [2.75, 3.05) is 56.5 Å². The number of methoxy groups -OCH3 is 2. The molecule has 0 aliphatic carbocycles. The molecule has 7 rings (SSSR count). The van der Waals surface area contributed by atoms with Crippen LogP contribution < -0.4 is 9.47 Å². The number of nitriles is 1. The maximum atomic E-state index is 8.81. The first-order valence-corrected chi connectivity index (χ1v) is 20.8. The average Bonchev–Trinajstić information content (AvgIpc) is 4.07. The highest BCUT2D eigenvalue weighted by Crippen LogP contribution is 2.35. The van der Waals surface area contributed by atoms with E-state index in [9.17, 15) is 0 Å². The number of aryl methyl sites for hydroxylation is 2. The highest BCUT2D eigenvalue weighted by molar-refractivity contribution is 5.42. The SMILES string of the molecule is CCn1cccc1C(c1ccccc1OC)N(C)C.CN(C)C(c1ccccc1)c1cccn1-c1ccccc1.COc1ccccc1C(c1cccn1CCC#N)N(C)C. The second-order valence-electron chi connectivity index (χ2n) is 15.4. The number of hydrogen-bond acceptors (Lipinski definition) is 6. The van der Waals surface area contributed by atoms with Gasteiger partial charge < -0.3 is 23.2 Å². The lowest BCUT2D eigenvalue weighted by Crippen LogP contribution is -2.24. The minimum atomic E-state index is 0.0924. The van der Waals surface area contributed by atoms with Crippen molar-refractivity contribution in [1.29, 1.82) is 5.26 Å². The molecule has 9 heteroatoms. The molecule has 4 aromatic carbocycles. The molecule has 0 aliphatic rings. The van der Waals surface area contributed by atoms with Gasteiger partial charge in [-0.15, -0.1) is 0 Å². The molecular formula is C52H63N7O2. The van der Waals surface area contributed by atoms with Gasteiger partial charge in [0.25, 0.3) is 0 Å². The molecule has 3 aromatic heterocycles. The predicted molar refractivity (Wildman–Crippen MR) is 250 cm³/mol. The van der Waals surface area contributed by atoms with Gasteiger partial charge in [0.2, 0.25) is 0 Å². The molecule has 3 atom stereocenters. The van der Waals surface area contributed by atoms with Crippen LogP contribution >= 0.6 is 0 Å². The number of benzene rings is 4. The number of para-hydroxylation sites is 3. The van der Waals surface area contributed by atoms with Crippen molar-refractivity contribution in [3.05, 3.63) is 198 Å². The predicted octanol–water partition coefficient (Wildman–Crippen LogP) is 10.4. The van der Waals surface area contributed by atoms with E-state index in [1.165, 1.54) is 33.9 Å². The van der Waals surface area contributed by atoms with E-state index in [1.54, 1.807) is 14.2 Å². The zero-order valence-electron chi connectivity index (χ0n) is 37.4. The summed E-state index contributed by atoms with van der Waals surface area (Å²) in [4.78, 5) is 6.64. The smallest absolute Gasteiger partial charge is 0.124 e. The lowest BCUT2D eigenvalue weighted by atomic mass is 10.0. The maximum Gasteiger partial charge on any atom is 0.124 e. The van der Waals surface area contributed by atoms with Gasteiger partial charge in [0.1, 0.15) is 11.5 Å². The summed E-state index contributed by atoms with van der Waals surface area (Å²) in [5.41, 5.74) is 8.55. The fourth-order valence-corrected chi connectivity index (χ4v) is 8.01. The van der Waals surface area contributed by atoms with Gasteiger partial charge in [-0.2, -0.15) is 5.26 Å². The quantitative estimate of drug-likeness (QED) is 0.103. The standard InChI is InChI=1S/C19H20N2.C17H21N3O.C16H22N2O/c1-20(2)19(16-10-5-3-6-11-16)18-14-9-15-21(18)17-12-7-4-8-13-17;1-19(2)17(14-8-4-5-10-16(14)21-3)15-9-6-12-20(15)13-7-11-18;1-5-18-12-8-10-14(18)16(17(2)3)13-9-6-7-11-15(13)19-4/h3-15,19H,1-2H3;4-6,8-10,12,17H,7,13H2,1-3H3;6-12,16H,5H2,1-4H3. The Hall–Kier alpha value is -6.31. The van der Waals surface area contributed by atoms with Crippen molar-refractivity contribution in [1.82, 2.24) is 28.4 Å². The Morgan fingerprint density at radius 3 is 1.44 bits per heavy atom. The van der Waals surface area contributed by atoms with Gasteiger partial charge in [-0.05, 0) is 115 Å². The maximum absolute atomic E-state index is 8.81. The summed E-state index contributed by atoms with van der Waals surface area (Å²) in [6.07, 6.45) is 6.79. The lowest BCUT2D eigenvalue weighted by Gasteiger charge is -2.27. The van der Waals surface area contributed by atoms with E-state index in [-0.39, 0.29) is 18.1 Å². The molecular weight excluding hydrogens is 755 g/mol. The van der Waals surface area contributed by atoms with Crippen molar-refractivity contribution in [2.45, 2.75) is 44.6 Å². The molecule has 61 heavy (non-hydrogen) atoms. The Morgan fingerprint density at radius 2 is 0.951 bits per heavy atom. The summed E-state index contributed by atoms with van der Waals surface area (Å²) in [5.74, 6) is 1.81. The third kappa shape index (κ3) is 11.5. The average molecular weight is 818 g/mol. The fraction of sp³-hybridized carbons (Fsp3) is 0.288. The van der Waals surface area contributed by atoms with E-state index < -0.39 is 0 Å². The number of ether oxygens (including phenoxy) is 2. The lowest BCUT2D eigenvalue weighted by molar-refractivity contribution is 0.315. The molecule has 3 unspecified atom stereocenters. The van der Waals surface area contributed by atoms with Gasteiger partial charge in [0, 0.05) is 65.6 Å². The summed E-state index contributed by atoms with van der Waals surface area (Å²) in [6, 6.07) is 52.9. The molecule has 3 heterocycles. The molecule has 0 saturated carbocycles. The van der Waals surface area contributed by atoms with E-state index >= 15 is 0 Å². The Morgan fingerprint density at radius 1 is 0.508 bits per heavy atom. The van der Waals surface area contributed by atoms with Crippen LogP contribution in [0.4, 0.5) is 0 Å². The highest BCUT2D eigenvalue weighted by Gasteiger charge is 2.24. The summed E-state index contributed by atoms with van der Waals surface area (Å²) in [6.45, 7) is 3.85. The van der Waals surface area contributed by atoms with Crippen molar-refractivity contribution in [3.63, 3.8) is 0 Å². The third-order valence-electron chi connectivity index (χ3n) is 10.7. The number of nitrogens with zero attached hydrogens (tertiary/aromatic N) is 7. The zero-order valence-corrected chi connectivity index (χ0v) is 37.4. The molecule has 9 nitrogen and oxygen atoms in total. The minimum Gasteiger partial charge on any atom is -0.496 e. The summed E-state index contributed by atoms with van der Waals surface area (Å²) in [7, 11) is 16.0. The van der Waals surface area contributed by atoms with Crippen LogP contribution in [-0.4, -0.2) is 84.9 Å². The molecule has 0 spiro atoms. The fourth-order valence-electron chi connectivity index (χ4n) is 8.01. The number of aromatic nitrogens is 3. The topological polar surface area (TPSA) is 66.8 Å². The van der Waals surface area contributed by atoms with Gasteiger partial charge in [0.05, 0.1) is 44.8 Å². The van der Waals surface area contributed by atoms with Crippen LogP contribution in [0, 0.1) is 11.3 Å². The molecule has 318 valence electrons. The third-order valence-corrected chi connectivity index (χ3v) is 10.7. The van der Waals surface area contributed by atoms with E-state index in [1.807, 2.05) is 48.7 Å². The first kappa shape index (κ1) is 45.8. The minimum absolute atomic E-state index is 0.0924. The molecule has 0 amide bonds. The summed E-state index contributed by atoms with van der Waals surface area (Å²) < 4.78 is 17.7. The van der Waals surface area contributed by atoms with Gasteiger partial charge in [-0.1, -0.05) is 84.9 Å². The van der Waals surface area contributed by atoms with Crippen LogP contribution in [0.1, 0.15) is 65.2 Å². The normalized spacial score (nSPS) is 12.4. The van der Waals surface area contributed by atoms with Gasteiger partial charge in [-0.25, -0.2) is 0 Å². The summed E-state index contributed by atoms with van der Waals surface area (Å²) in [5, 5.41) is 8.81. The van der Waals surface area contributed by atoms with Gasteiger partial charge in [-0.3, -0.25) is 14.7 Å². The van der Waals surface area contributed by atoms with E-state index in [0.29, 0.717) is 13.0 Å². The Balaban J connectivity index is 0.000000173. The van der Waals surface area contributed by atoms with Crippen LogP contribution in [0.25, 0.3) is 5.69 Å². The first-order chi connectivity index (χ1) is 29.6. The Labute approximate surface area is 364 Å². The molecule has 0 fully saturated rings. The first-order valence-electron chi connectivity index (χ1n) is 20.8. The van der Waals surface area contributed by atoms with Crippen molar-refractivity contribution in [2.24, 2.45) is 0 Å². The van der Waals surface area contributed by atoms with Crippen LogP contribution in [-0.2, 0) is 13.1 Å². The second-order valence-corrected chi connectivity index (χ2v) is 15.4. The monoisotopic (exact) mass is 818 g/mol. The molecule has 0 saturated heterocycles. The molecule has 7 aromatic rings. The van der Waals surface area contributed by atoms with Crippen LogP contribution in [0.5, 0.6) is 11.5 Å². The van der Waals surface area contributed by atoms with Crippen LogP contribution in [0.15, 0.2) is 164 Å². The van der Waals surface area contributed by atoms with Gasteiger partial charge >= 0.3 is 0 Å². The van der Waals surface area contributed by atoms with Crippen molar-refractivity contribution >= 4 is 0 Å². The van der Waals surface area contributed by atoms with Crippen LogP contribution in [0.3, 0.4) is 0 Å². The highest BCUT2D eigenvalue weighted by atomic mass is 16.5. The number of hydrogen-bond donors (Lipinski definition) is 0. The van der Waals surface area contributed by atoms with E-state index in [0.717, 1.165) is 23.6 Å². The summed E-state index contributed by atoms with van der Waals surface area (Å²) >= 11 is 0. The second kappa shape index (κ2) is 22.9. The molecule has 0 aliphatic heterocycles. The molecule has 0 radical (unpaired) electrons. The zero-order chi connectivity index (χ0) is 43.7.